The molecule has 152 valence electrons. The molecule has 0 fully saturated rings. The van der Waals surface area contributed by atoms with Gasteiger partial charge in [-0.05, 0) is 60.2 Å². The number of rotatable bonds is 3. The third-order valence-electron chi connectivity index (χ3n) is 6.22. The molecule has 2 aliphatic heterocycles. The number of benzene rings is 1. The van der Waals surface area contributed by atoms with Crippen molar-refractivity contribution in [3.8, 4) is 17.0 Å². The van der Waals surface area contributed by atoms with E-state index in [9.17, 15) is 4.79 Å². The SMILES string of the molecule is CCC1=NC(C)=C(/C=C2\C(=O)Cc3ccc(-c4cnc5c(c4C)NCCO5)cc32)C1. The highest BCUT2D eigenvalue weighted by Crippen LogP contribution is 2.39. The molecule has 5 rings (SSSR count). The van der Waals surface area contributed by atoms with Crippen LogP contribution in [0.2, 0.25) is 0 Å². The summed E-state index contributed by atoms with van der Waals surface area (Å²) in [6, 6.07) is 6.31. The van der Waals surface area contributed by atoms with Gasteiger partial charge in [-0.3, -0.25) is 9.79 Å². The summed E-state index contributed by atoms with van der Waals surface area (Å²) in [6.07, 6.45) is 6.18. The molecule has 1 aliphatic carbocycles. The van der Waals surface area contributed by atoms with Gasteiger partial charge in [-0.25, -0.2) is 4.98 Å². The van der Waals surface area contributed by atoms with Crippen LogP contribution in [0.3, 0.4) is 0 Å². The molecular formula is C25H25N3O2. The van der Waals surface area contributed by atoms with Crippen molar-refractivity contribution in [3.05, 3.63) is 58.4 Å². The summed E-state index contributed by atoms with van der Waals surface area (Å²) in [5.41, 5.74) is 10.5. The molecule has 2 aromatic rings. The van der Waals surface area contributed by atoms with Gasteiger partial charge in [0.1, 0.15) is 12.3 Å². The molecule has 1 N–H and O–H groups in total. The molecule has 0 atom stereocenters. The van der Waals surface area contributed by atoms with E-state index in [0.717, 1.165) is 69.7 Å². The van der Waals surface area contributed by atoms with E-state index >= 15 is 0 Å². The predicted molar refractivity (Wildman–Crippen MR) is 120 cm³/mol. The molecule has 0 saturated carbocycles. The molecule has 0 radical (unpaired) electrons. The van der Waals surface area contributed by atoms with Gasteiger partial charge in [-0.1, -0.05) is 19.1 Å². The van der Waals surface area contributed by atoms with Crippen LogP contribution < -0.4 is 10.1 Å². The number of aliphatic imine (C=N–C) groups is 1. The summed E-state index contributed by atoms with van der Waals surface area (Å²) in [5, 5.41) is 3.40. The number of fused-ring (bicyclic) bond motifs is 2. The fourth-order valence-corrected chi connectivity index (χ4v) is 4.47. The first-order chi connectivity index (χ1) is 14.5. The minimum atomic E-state index is 0.183. The monoisotopic (exact) mass is 399 g/mol. The Labute approximate surface area is 176 Å². The maximum Gasteiger partial charge on any atom is 0.237 e. The maximum atomic E-state index is 12.8. The molecule has 0 spiro atoms. The van der Waals surface area contributed by atoms with Crippen LogP contribution in [0, 0.1) is 6.92 Å². The molecule has 5 nitrogen and oxygen atoms in total. The zero-order chi connectivity index (χ0) is 20.8. The lowest BCUT2D eigenvalue weighted by atomic mass is 9.95. The molecule has 0 bridgehead atoms. The van der Waals surface area contributed by atoms with Crippen molar-refractivity contribution >= 4 is 22.8 Å². The Balaban J connectivity index is 1.56. The van der Waals surface area contributed by atoms with Crippen molar-refractivity contribution in [2.45, 2.75) is 40.0 Å². The number of hydrogen-bond donors (Lipinski definition) is 1. The summed E-state index contributed by atoms with van der Waals surface area (Å²) in [5.74, 6) is 0.845. The van der Waals surface area contributed by atoms with Crippen molar-refractivity contribution in [2.75, 3.05) is 18.5 Å². The van der Waals surface area contributed by atoms with E-state index in [1.165, 1.54) is 5.71 Å². The highest BCUT2D eigenvalue weighted by Gasteiger charge is 2.27. The second kappa shape index (κ2) is 7.24. The Morgan fingerprint density at radius 2 is 2.07 bits per heavy atom. The zero-order valence-electron chi connectivity index (χ0n) is 17.6. The second-order valence-electron chi connectivity index (χ2n) is 8.10. The lowest BCUT2D eigenvalue weighted by molar-refractivity contribution is -0.112. The smallest absolute Gasteiger partial charge is 0.237 e. The number of carbonyl (C=O) groups excluding carboxylic acids is 1. The molecule has 0 saturated heterocycles. The van der Waals surface area contributed by atoms with Crippen LogP contribution in [0.5, 0.6) is 5.88 Å². The normalized spacial score (nSPS) is 18.8. The first-order valence-electron chi connectivity index (χ1n) is 10.6. The maximum absolute atomic E-state index is 12.8. The highest BCUT2D eigenvalue weighted by molar-refractivity contribution is 6.26. The van der Waals surface area contributed by atoms with E-state index in [1.54, 1.807) is 0 Å². The lowest BCUT2D eigenvalue weighted by Crippen LogP contribution is -2.20. The summed E-state index contributed by atoms with van der Waals surface area (Å²) in [7, 11) is 0. The van der Waals surface area contributed by atoms with E-state index in [2.05, 4.69) is 53.4 Å². The molecule has 1 aromatic heterocycles. The molecule has 3 aliphatic rings. The topological polar surface area (TPSA) is 63.6 Å². The average molecular weight is 399 g/mol. The number of aromatic nitrogens is 1. The van der Waals surface area contributed by atoms with Crippen molar-refractivity contribution in [1.29, 1.82) is 0 Å². The Morgan fingerprint density at radius 1 is 1.20 bits per heavy atom. The largest absolute Gasteiger partial charge is 0.474 e. The summed E-state index contributed by atoms with van der Waals surface area (Å²) >= 11 is 0. The molecule has 1 aromatic carbocycles. The number of allylic oxidation sites excluding steroid dienone is 4. The van der Waals surface area contributed by atoms with E-state index in [1.807, 2.05) is 13.1 Å². The number of anilines is 1. The summed E-state index contributed by atoms with van der Waals surface area (Å²) in [4.78, 5) is 22.0. The summed E-state index contributed by atoms with van der Waals surface area (Å²) < 4.78 is 5.66. The standard InChI is InChI=1S/C25H25N3O2/c1-4-19-9-18(15(3)28-19)11-21-20-10-16(5-6-17(20)12-23(21)29)22-13-27-25-24(14(22)2)26-7-8-30-25/h5-6,10-11,13,26H,4,7-9,12H2,1-3H3/b21-11-. The van der Waals surface area contributed by atoms with Gasteiger partial charge in [0, 0.05) is 48.1 Å². The Morgan fingerprint density at radius 3 is 2.87 bits per heavy atom. The number of pyridine rings is 1. The fourth-order valence-electron chi connectivity index (χ4n) is 4.47. The van der Waals surface area contributed by atoms with Gasteiger partial charge in [0.2, 0.25) is 5.88 Å². The van der Waals surface area contributed by atoms with Gasteiger partial charge in [0.05, 0.1) is 0 Å². The van der Waals surface area contributed by atoms with Crippen LogP contribution in [0.25, 0.3) is 16.7 Å². The highest BCUT2D eigenvalue weighted by atomic mass is 16.5. The van der Waals surface area contributed by atoms with Crippen LogP contribution in [0.4, 0.5) is 5.69 Å². The van der Waals surface area contributed by atoms with Gasteiger partial charge in [-0.15, -0.1) is 0 Å². The molecule has 5 heteroatoms. The van der Waals surface area contributed by atoms with Gasteiger partial charge in [0.15, 0.2) is 5.78 Å². The van der Waals surface area contributed by atoms with Crippen molar-refractivity contribution in [1.82, 2.24) is 4.98 Å². The molecule has 30 heavy (non-hydrogen) atoms. The number of hydrogen-bond acceptors (Lipinski definition) is 5. The molecule has 3 heterocycles. The van der Waals surface area contributed by atoms with Crippen LogP contribution in [-0.4, -0.2) is 29.6 Å². The van der Waals surface area contributed by atoms with Gasteiger partial charge in [-0.2, -0.15) is 0 Å². The van der Waals surface area contributed by atoms with Crippen molar-refractivity contribution < 1.29 is 9.53 Å². The van der Waals surface area contributed by atoms with Gasteiger partial charge in [0.25, 0.3) is 0 Å². The number of Topliss-reactive ketones (excluding diaryl/α,β-unsaturated/α-hetero) is 1. The Bertz CT molecular complexity index is 1170. The quantitative estimate of drug-likeness (QED) is 0.746. The van der Waals surface area contributed by atoms with Crippen molar-refractivity contribution in [2.24, 2.45) is 4.99 Å². The van der Waals surface area contributed by atoms with Crippen LogP contribution >= 0.6 is 0 Å². The van der Waals surface area contributed by atoms with E-state index in [0.29, 0.717) is 18.9 Å². The van der Waals surface area contributed by atoms with Gasteiger partial charge < -0.3 is 10.1 Å². The Kier molecular flexibility index (Phi) is 4.54. The molecule has 0 unspecified atom stereocenters. The number of carbonyl (C=O) groups is 1. The van der Waals surface area contributed by atoms with Crippen LogP contribution in [0.1, 0.15) is 43.4 Å². The first kappa shape index (κ1) is 18.8. The average Bonchev–Trinajstić information content (AvgIpc) is 3.27. The van der Waals surface area contributed by atoms with E-state index in [-0.39, 0.29) is 5.78 Å². The van der Waals surface area contributed by atoms with E-state index < -0.39 is 0 Å². The fraction of sp³-hybridized carbons (Fsp3) is 0.320. The molecule has 0 amide bonds. The lowest BCUT2D eigenvalue weighted by Gasteiger charge is -2.21. The third-order valence-corrected chi connectivity index (χ3v) is 6.22. The number of nitrogens with one attached hydrogen (secondary N) is 1. The first-order valence-corrected chi connectivity index (χ1v) is 10.6. The summed E-state index contributed by atoms with van der Waals surface area (Å²) in [6.45, 7) is 7.65. The Hall–Kier alpha value is -3.21. The number of ether oxygens (including phenoxy) is 1. The minimum absolute atomic E-state index is 0.183. The number of ketones is 1. The van der Waals surface area contributed by atoms with Gasteiger partial charge >= 0.3 is 0 Å². The number of nitrogens with zero attached hydrogens (tertiary/aromatic N) is 2. The second-order valence-corrected chi connectivity index (χ2v) is 8.10. The molecular weight excluding hydrogens is 374 g/mol. The zero-order valence-corrected chi connectivity index (χ0v) is 17.6. The van der Waals surface area contributed by atoms with Crippen LogP contribution in [-0.2, 0) is 11.2 Å². The van der Waals surface area contributed by atoms with Crippen LogP contribution in [0.15, 0.2) is 46.7 Å². The minimum Gasteiger partial charge on any atom is -0.474 e. The van der Waals surface area contributed by atoms with E-state index in [4.69, 9.17) is 4.74 Å². The predicted octanol–water partition coefficient (Wildman–Crippen LogP) is 4.90. The third kappa shape index (κ3) is 3.05. The van der Waals surface area contributed by atoms with Crippen molar-refractivity contribution in [3.63, 3.8) is 0 Å².